The second-order valence-electron chi connectivity index (χ2n) is 9.83. The Balaban J connectivity index is 1.63. The monoisotopic (exact) mass is 511 g/mol. The highest BCUT2D eigenvalue weighted by atomic mass is 16.3. The fourth-order valence-corrected chi connectivity index (χ4v) is 5.86. The van der Waals surface area contributed by atoms with Crippen molar-refractivity contribution < 1.29 is 5.11 Å². The predicted molar refractivity (Wildman–Crippen MR) is 154 cm³/mol. The fraction of sp³-hybridized carbons (Fsp3) is 0.0909. The third-order valence-corrected chi connectivity index (χ3v) is 7.68. The smallest absolute Gasteiger partial charge is 0.343 e. The van der Waals surface area contributed by atoms with Crippen molar-refractivity contribution in [3.05, 3.63) is 147 Å². The zero-order chi connectivity index (χ0) is 26.5. The molecule has 1 aromatic heterocycles. The molecule has 1 aliphatic rings. The summed E-state index contributed by atoms with van der Waals surface area (Å²) in [5, 5.41) is 18.7. The van der Waals surface area contributed by atoms with Crippen molar-refractivity contribution in [2.24, 2.45) is 0 Å². The lowest BCUT2D eigenvalue weighted by Gasteiger charge is -2.28. The van der Waals surface area contributed by atoms with Crippen molar-refractivity contribution in [1.29, 1.82) is 0 Å². The summed E-state index contributed by atoms with van der Waals surface area (Å²) in [5.74, 6) is -0.355. The first-order valence-electron chi connectivity index (χ1n) is 13.0. The highest BCUT2D eigenvalue weighted by molar-refractivity contribution is 5.91. The first-order chi connectivity index (χ1) is 19.1. The molecule has 0 aliphatic carbocycles. The third-order valence-electron chi connectivity index (χ3n) is 7.68. The molecule has 0 saturated heterocycles. The molecule has 190 valence electrons. The van der Waals surface area contributed by atoms with E-state index in [0.29, 0.717) is 17.9 Å². The number of aromatic hydroxyl groups is 1. The van der Waals surface area contributed by atoms with Gasteiger partial charge >= 0.3 is 5.69 Å². The van der Waals surface area contributed by atoms with Gasteiger partial charge in [-0.2, -0.15) is 0 Å². The lowest BCUT2D eigenvalue weighted by molar-refractivity contribution is 0.407. The second kappa shape index (κ2) is 9.11. The molecular formula is C33H25N3O3. The first kappa shape index (κ1) is 23.2. The maximum Gasteiger partial charge on any atom is 0.343 e. The summed E-state index contributed by atoms with van der Waals surface area (Å²) in [4.78, 5) is 28.7. The summed E-state index contributed by atoms with van der Waals surface area (Å²) >= 11 is 0. The van der Waals surface area contributed by atoms with Crippen LogP contribution in [-0.4, -0.2) is 20.8 Å². The minimum Gasteiger partial charge on any atom is -0.494 e. The lowest BCUT2D eigenvalue weighted by Crippen LogP contribution is -2.43. The molecular weight excluding hydrogens is 486 g/mol. The van der Waals surface area contributed by atoms with Gasteiger partial charge in [-0.15, -0.1) is 0 Å². The van der Waals surface area contributed by atoms with E-state index in [1.807, 2.05) is 97.1 Å². The van der Waals surface area contributed by atoms with E-state index < -0.39 is 17.3 Å². The van der Waals surface area contributed by atoms with E-state index in [2.05, 4.69) is 5.32 Å². The van der Waals surface area contributed by atoms with Gasteiger partial charge in [0.2, 0.25) is 5.88 Å². The standard InChI is InChI=1S/C33H25N3O3/c37-31-29(30-26-16-6-3-11-23(26)19-20-34-30)32(38)36(28-18-8-13-22-10-2-5-15-25(22)28)33(39)35(31)27-17-7-12-21-9-1-4-14-24(21)27/h1-18,30,34,37H,19-20H2/t30-/m1/s1. The molecule has 0 radical (unpaired) electrons. The number of hydrogen-bond donors (Lipinski definition) is 2. The van der Waals surface area contributed by atoms with Crippen LogP contribution in [0.3, 0.4) is 0 Å². The molecule has 2 heterocycles. The molecule has 6 heteroatoms. The zero-order valence-corrected chi connectivity index (χ0v) is 21.0. The molecule has 0 amide bonds. The van der Waals surface area contributed by atoms with Crippen LogP contribution < -0.4 is 16.6 Å². The number of nitrogens with zero attached hydrogens (tertiary/aromatic N) is 2. The van der Waals surface area contributed by atoms with Crippen molar-refractivity contribution in [3.63, 3.8) is 0 Å². The van der Waals surface area contributed by atoms with Gasteiger partial charge in [0.1, 0.15) is 0 Å². The van der Waals surface area contributed by atoms with Crippen LogP contribution in [0.1, 0.15) is 22.7 Å². The Morgan fingerprint density at radius 1 is 0.667 bits per heavy atom. The molecule has 0 unspecified atom stereocenters. The van der Waals surface area contributed by atoms with Crippen LogP contribution in [0.2, 0.25) is 0 Å². The Morgan fingerprint density at radius 3 is 1.92 bits per heavy atom. The average molecular weight is 512 g/mol. The van der Waals surface area contributed by atoms with E-state index >= 15 is 0 Å². The number of benzene rings is 5. The maximum atomic E-state index is 14.4. The van der Waals surface area contributed by atoms with Crippen LogP contribution in [-0.2, 0) is 6.42 Å². The molecule has 0 saturated carbocycles. The number of hydrogen-bond acceptors (Lipinski definition) is 4. The number of rotatable bonds is 3. The molecule has 6 aromatic rings. The minimum absolute atomic E-state index is 0.141. The van der Waals surface area contributed by atoms with Crippen LogP contribution in [0.5, 0.6) is 5.88 Å². The van der Waals surface area contributed by atoms with Gasteiger partial charge in [0.25, 0.3) is 5.56 Å². The molecule has 0 fully saturated rings. The molecule has 2 N–H and O–H groups in total. The van der Waals surface area contributed by atoms with E-state index in [1.54, 1.807) is 12.1 Å². The van der Waals surface area contributed by atoms with E-state index in [4.69, 9.17) is 0 Å². The zero-order valence-electron chi connectivity index (χ0n) is 21.0. The van der Waals surface area contributed by atoms with Crippen molar-refractivity contribution in [2.45, 2.75) is 12.5 Å². The Bertz CT molecular complexity index is 2010. The van der Waals surface area contributed by atoms with Gasteiger partial charge in [0.05, 0.1) is 23.0 Å². The van der Waals surface area contributed by atoms with Crippen LogP contribution in [0.25, 0.3) is 32.9 Å². The molecule has 0 bridgehead atoms. The van der Waals surface area contributed by atoms with Crippen molar-refractivity contribution in [1.82, 2.24) is 14.5 Å². The normalized spacial score (nSPS) is 14.9. The van der Waals surface area contributed by atoms with Crippen molar-refractivity contribution in [2.75, 3.05) is 6.54 Å². The van der Waals surface area contributed by atoms with Crippen molar-refractivity contribution >= 4 is 21.5 Å². The largest absolute Gasteiger partial charge is 0.494 e. The van der Waals surface area contributed by atoms with Crippen LogP contribution in [0.4, 0.5) is 0 Å². The SMILES string of the molecule is O=c1c([C@@H]2NCCc3ccccc32)c(O)n(-c2cccc3ccccc23)c(=O)n1-c1cccc2ccccc12. The lowest BCUT2D eigenvalue weighted by atomic mass is 9.90. The summed E-state index contributed by atoms with van der Waals surface area (Å²) in [6.45, 7) is 0.641. The average Bonchev–Trinajstić information content (AvgIpc) is 2.97. The maximum absolute atomic E-state index is 14.4. The topological polar surface area (TPSA) is 76.3 Å². The quantitative estimate of drug-likeness (QED) is 0.341. The van der Waals surface area contributed by atoms with Gasteiger partial charge in [0.15, 0.2) is 0 Å². The molecule has 7 rings (SSSR count). The van der Waals surface area contributed by atoms with Crippen LogP contribution in [0.15, 0.2) is 119 Å². The van der Waals surface area contributed by atoms with Crippen LogP contribution >= 0.6 is 0 Å². The van der Waals surface area contributed by atoms with Gasteiger partial charge < -0.3 is 10.4 Å². The van der Waals surface area contributed by atoms with Gasteiger partial charge in [-0.05, 0) is 40.5 Å². The summed E-state index contributed by atoms with van der Waals surface area (Å²) < 4.78 is 2.48. The van der Waals surface area contributed by atoms with E-state index in [0.717, 1.165) is 39.1 Å². The van der Waals surface area contributed by atoms with E-state index in [9.17, 15) is 14.7 Å². The summed E-state index contributed by atoms with van der Waals surface area (Å²) in [6.07, 6.45) is 0.813. The molecule has 1 atom stereocenters. The van der Waals surface area contributed by atoms with E-state index in [-0.39, 0.29) is 11.4 Å². The summed E-state index contributed by atoms with van der Waals surface area (Å²) in [5.41, 5.74) is 1.99. The Labute approximate surface area is 224 Å². The Hall–Kier alpha value is -4.94. The van der Waals surface area contributed by atoms with E-state index in [1.165, 1.54) is 9.13 Å². The van der Waals surface area contributed by atoms with Gasteiger partial charge in [-0.25, -0.2) is 13.9 Å². The summed E-state index contributed by atoms with van der Waals surface area (Å²) in [7, 11) is 0. The molecule has 39 heavy (non-hydrogen) atoms. The number of fused-ring (bicyclic) bond motifs is 3. The third kappa shape index (κ3) is 3.60. The van der Waals surface area contributed by atoms with Gasteiger partial charge in [-0.3, -0.25) is 4.79 Å². The fourth-order valence-electron chi connectivity index (χ4n) is 5.86. The number of aromatic nitrogens is 2. The summed E-state index contributed by atoms with van der Waals surface area (Å²) in [6, 6.07) is 33.9. The highest BCUT2D eigenvalue weighted by Gasteiger charge is 2.31. The Kier molecular flexibility index (Phi) is 5.42. The van der Waals surface area contributed by atoms with Crippen LogP contribution in [0, 0.1) is 0 Å². The van der Waals surface area contributed by atoms with Gasteiger partial charge in [-0.1, -0.05) is 97.1 Å². The molecule has 5 aromatic carbocycles. The number of nitrogens with one attached hydrogen (secondary N) is 1. The molecule has 6 nitrogen and oxygen atoms in total. The predicted octanol–water partition coefficient (Wildman–Crippen LogP) is 5.24. The van der Waals surface area contributed by atoms with Crippen molar-refractivity contribution in [3.8, 4) is 17.3 Å². The Morgan fingerprint density at radius 2 is 1.23 bits per heavy atom. The molecule has 0 spiro atoms. The molecule has 1 aliphatic heterocycles. The minimum atomic E-state index is -0.627. The van der Waals surface area contributed by atoms with Gasteiger partial charge in [0, 0.05) is 17.3 Å². The highest BCUT2D eigenvalue weighted by Crippen LogP contribution is 2.34. The first-order valence-corrected chi connectivity index (χ1v) is 13.0. The second-order valence-corrected chi connectivity index (χ2v) is 9.83.